The average molecular weight is 296 g/mol. The highest BCUT2D eigenvalue weighted by Gasteiger charge is 2.50. The Morgan fingerprint density at radius 3 is 2.59 bits per heavy atom. The van der Waals surface area contributed by atoms with Crippen molar-refractivity contribution >= 4 is 21.8 Å². The third kappa shape index (κ3) is 2.71. The van der Waals surface area contributed by atoms with Gasteiger partial charge in [0.25, 0.3) is 0 Å². The molecule has 0 bridgehead atoms. The van der Waals surface area contributed by atoms with Crippen LogP contribution in [0.25, 0.3) is 0 Å². The van der Waals surface area contributed by atoms with Crippen molar-refractivity contribution in [2.75, 3.05) is 11.9 Å². The molecule has 1 unspecified atom stereocenters. The van der Waals surface area contributed by atoms with Crippen molar-refractivity contribution in [3.05, 3.63) is 35.9 Å². The minimum atomic E-state index is -0.229. The molecule has 1 aliphatic carbocycles. The van der Waals surface area contributed by atoms with Crippen LogP contribution in [0, 0.1) is 5.92 Å². The van der Waals surface area contributed by atoms with Gasteiger partial charge in [-0.1, -0.05) is 53.2 Å². The average Bonchev–Trinajstić information content (AvgIpc) is 3.18. The van der Waals surface area contributed by atoms with Crippen LogP contribution in [-0.4, -0.2) is 17.8 Å². The van der Waals surface area contributed by atoms with E-state index in [0.29, 0.717) is 5.92 Å². The molecule has 1 atom stereocenters. The zero-order chi connectivity index (χ0) is 12.3. The van der Waals surface area contributed by atoms with Gasteiger partial charge in [0.05, 0.1) is 5.41 Å². The lowest BCUT2D eigenvalue weighted by atomic mass is 9.95. The Hall–Kier alpha value is -0.830. The maximum Gasteiger partial charge on any atom is 0.230 e. The summed E-state index contributed by atoms with van der Waals surface area (Å²) in [7, 11) is 0. The molecule has 1 saturated carbocycles. The van der Waals surface area contributed by atoms with E-state index in [1.54, 1.807) is 0 Å². The molecule has 0 aromatic heterocycles. The SMILES string of the molecule is CC(CBr)CNC(=O)C1(c2ccccc2)CC1. The molecule has 1 aliphatic rings. The largest absolute Gasteiger partial charge is 0.355 e. The van der Waals surface area contributed by atoms with Crippen LogP contribution in [0.2, 0.25) is 0 Å². The summed E-state index contributed by atoms with van der Waals surface area (Å²) < 4.78 is 0. The van der Waals surface area contributed by atoms with Gasteiger partial charge in [-0.15, -0.1) is 0 Å². The topological polar surface area (TPSA) is 29.1 Å². The summed E-state index contributed by atoms with van der Waals surface area (Å²) in [6.45, 7) is 2.87. The van der Waals surface area contributed by atoms with Crippen LogP contribution < -0.4 is 5.32 Å². The molecule has 0 saturated heterocycles. The number of alkyl halides is 1. The zero-order valence-electron chi connectivity index (χ0n) is 10.1. The lowest BCUT2D eigenvalue weighted by Gasteiger charge is -2.17. The molecule has 1 fully saturated rings. The number of rotatable bonds is 5. The van der Waals surface area contributed by atoms with E-state index in [4.69, 9.17) is 0 Å². The maximum atomic E-state index is 12.2. The number of hydrogen-bond acceptors (Lipinski definition) is 1. The van der Waals surface area contributed by atoms with Crippen molar-refractivity contribution in [1.29, 1.82) is 0 Å². The summed E-state index contributed by atoms with van der Waals surface area (Å²) in [6.07, 6.45) is 1.96. The molecule has 0 radical (unpaired) electrons. The summed E-state index contributed by atoms with van der Waals surface area (Å²) >= 11 is 3.42. The van der Waals surface area contributed by atoms with Crippen LogP contribution in [0.15, 0.2) is 30.3 Å². The predicted molar refractivity (Wildman–Crippen MR) is 73.3 cm³/mol. The van der Waals surface area contributed by atoms with Crippen molar-refractivity contribution in [2.45, 2.75) is 25.2 Å². The molecule has 1 N–H and O–H groups in total. The Morgan fingerprint density at radius 2 is 2.06 bits per heavy atom. The second-order valence-electron chi connectivity index (χ2n) is 4.92. The van der Waals surface area contributed by atoms with Gasteiger partial charge < -0.3 is 5.32 Å². The number of carbonyl (C=O) groups excluding carboxylic acids is 1. The lowest BCUT2D eigenvalue weighted by Crippen LogP contribution is -2.37. The number of halogens is 1. The van der Waals surface area contributed by atoms with E-state index in [1.807, 2.05) is 18.2 Å². The summed E-state index contributed by atoms with van der Waals surface area (Å²) in [5.41, 5.74) is 0.928. The van der Waals surface area contributed by atoms with Crippen molar-refractivity contribution in [3.8, 4) is 0 Å². The second-order valence-corrected chi connectivity index (χ2v) is 5.57. The normalized spacial score (nSPS) is 18.5. The smallest absolute Gasteiger partial charge is 0.230 e. The Labute approximate surface area is 111 Å². The van der Waals surface area contributed by atoms with Crippen LogP contribution in [0.5, 0.6) is 0 Å². The Kier molecular flexibility index (Phi) is 3.87. The molecule has 0 spiro atoms. The summed E-state index contributed by atoms with van der Waals surface area (Å²) in [5, 5.41) is 3.99. The molecule has 0 aliphatic heterocycles. The van der Waals surface area contributed by atoms with Crippen molar-refractivity contribution in [2.24, 2.45) is 5.92 Å². The standard InChI is InChI=1S/C14H18BrNO/c1-11(9-15)10-16-13(17)14(7-8-14)12-5-3-2-4-6-12/h2-6,11H,7-10H2,1H3,(H,16,17). The van der Waals surface area contributed by atoms with Crippen LogP contribution in [-0.2, 0) is 10.2 Å². The maximum absolute atomic E-state index is 12.2. The molecular formula is C14H18BrNO. The van der Waals surface area contributed by atoms with Gasteiger partial charge in [0.2, 0.25) is 5.91 Å². The van der Waals surface area contributed by atoms with Gasteiger partial charge in [0.15, 0.2) is 0 Å². The third-order valence-corrected chi connectivity index (χ3v) is 4.49. The van der Waals surface area contributed by atoms with Gasteiger partial charge in [0.1, 0.15) is 0 Å². The Bertz CT molecular complexity index is 386. The molecule has 92 valence electrons. The van der Waals surface area contributed by atoms with Crippen LogP contribution >= 0.6 is 15.9 Å². The van der Waals surface area contributed by atoms with E-state index in [2.05, 4.69) is 40.3 Å². The summed E-state index contributed by atoms with van der Waals surface area (Å²) in [4.78, 5) is 12.2. The molecule has 1 aromatic rings. The third-order valence-electron chi connectivity index (χ3n) is 3.39. The second kappa shape index (κ2) is 5.21. The molecular weight excluding hydrogens is 278 g/mol. The van der Waals surface area contributed by atoms with Crippen molar-refractivity contribution < 1.29 is 4.79 Å². The number of benzene rings is 1. The molecule has 1 amide bonds. The number of hydrogen-bond donors (Lipinski definition) is 1. The quantitative estimate of drug-likeness (QED) is 0.832. The zero-order valence-corrected chi connectivity index (χ0v) is 11.7. The first-order valence-corrected chi connectivity index (χ1v) is 7.21. The first kappa shape index (κ1) is 12.6. The summed E-state index contributed by atoms with van der Waals surface area (Å²) in [5.74, 6) is 0.669. The van der Waals surface area contributed by atoms with E-state index in [9.17, 15) is 4.79 Å². The van der Waals surface area contributed by atoms with Crippen LogP contribution in [0.3, 0.4) is 0 Å². The number of nitrogens with one attached hydrogen (secondary N) is 1. The van der Waals surface area contributed by atoms with Crippen molar-refractivity contribution in [3.63, 3.8) is 0 Å². The summed E-state index contributed by atoms with van der Waals surface area (Å²) in [6, 6.07) is 10.1. The first-order chi connectivity index (χ1) is 8.19. The van der Waals surface area contributed by atoms with E-state index in [-0.39, 0.29) is 11.3 Å². The molecule has 1 aromatic carbocycles. The number of amides is 1. The molecule has 17 heavy (non-hydrogen) atoms. The van der Waals surface area contributed by atoms with Gasteiger partial charge in [-0.3, -0.25) is 4.79 Å². The van der Waals surface area contributed by atoms with E-state index < -0.39 is 0 Å². The molecule has 3 heteroatoms. The van der Waals surface area contributed by atoms with Gasteiger partial charge in [0, 0.05) is 11.9 Å². The minimum Gasteiger partial charge on any atom is -0.355 e. The number of carbonyl (C=O) groups is 1. The molecule has 0 heterocycles. The van der Waals surface area contributed by atoms with Gasteiger partial charge in [-0.2, -0.15) is 0 Å². The van der Waals surface area contributed by atoms with Crippen LogP contribution in [0.1, 0.15) is 25.3 Å². The first-order valence-electron chi connectivity index (χ1n) is 6.09. The monoisotopic (exact) mass is 295 g/mol. The van der Waals surface area contributed by atoms with Crippen LogP contribution in [0.4, 0.5) is 0 Å². The van der Waals surface area contributed by atoms with E-state index in [0.717, 1.165) is 30.3 Å². The molecule has 2 rings (SSSR count). The fourth-order valence-electron chi connectivity index (χ4n) is 2.02. The Morgan fingerprint density at radius 1 is 1.41 bits per heavy atom. The molecule has 2 nitrogen and oxygen atoms in total. The fourth-order valence-corrected chi connectivity index (χ4v) is 2.25. The van der Waals surface area contributed by atoms with Gasteiger partial charge in [-0.25, -0.2) is 0 Å². The fraction of sp³-hybridized carbons (Fsp3) is 0.500. The highest BCUT2D eigenvalue weighted by molar-refractivity contribution is 9.09. The van der Waals surface area contributed by atoms with Crippen molar-refractivity contribution in [1.82, 2.24) is 5.32 Å². The minimum absolute atomic E-state index is 0.191. The predicted octanol–water partition coefficient (Wildman–Crippen LogP) is 2.87. The van der Waals surface area contributed by atoms with E-state index in [1.165, 1.54) is 0 Å². The highest BCUT2D eigenvalue weighted by Crippen LogP contribution is 2.48. The van der Waals surface area contributed by atoms with Gasteiger partial charge in [-0.05, 0) is 24.3 Å². The van der Waals surface area contributed by atoms with Gasteiger partial charge >= 0.3 is 0 Å². The Balaban J connectivity index is 2.00. The van der Waals surface area contributed by atoms with E-state index >= 15 is 0 Å². The highest BCUT2D eigenvalue weighted by atomic mass is 79.9. The lowest BCUT2D eigenvalue weighted by molar-refractivity contribution is -0.123.